The van der Waals surface area contributed by atoms with Crippen LogP contribution in [0.5, 0.6) is 0 Å². The molecular formula is C21H23BrN2O3. The van der Waals surface area contributed by atoms with Crippen LogP contribution in [0.4, 0.5) is 5.69 Å². The Morgan fingerprint density at radius 1 is 1.19 bits per heavy atom. The van der Waals surface area contributed by atoms with Gasteiger partial charge in [0.05, 0.1) is 6.42 Å². The molecule has 142 valence electrons. The van der Waals surface area contributed by atoms with Crippen molar-refractivity contribution in [2.75, 3.05) is 25.0 Å². The minimum absolute atomic E-state index is 0.0582. The van der Waals surface area contributed by atoms with Gasteiger partial charge in [0, 0.05) is 35.4 Å². The van der Waals surface area contributed by atoms with Crippen LogP contribution < -0.4 is 5.32 Å². The number of likely N-dealkylation sites (tertiary alicyclic amines) is 1. The van der Waals surface area contributed by atoms with Crippen LogP contribution in [-0.4, -0.2) is 41.5 Å². The Bertz CT molecular complexity index is 807. The van der Waals surface area contributed by atoms with E-state index >= 15 is 0 Å². The van der Waals surface area contributed by atoms with E-state index in [1.165, 1.54) is 0 Å². The Labute approximate surface area is 167 Å². The molecule has 2 aromatic carbocycles. The van der Waals surface area contributed by atoms with Gasteiger partial charge in [-0.2, -0.15) is 0 Å². The fourth-order valence-corrected chi connectivity index (χ4v) is 3.57. The molecule has 0 aliphatic carbocycles. The van der Waals surface area contributed by atoms with Crippen molar-refractivity contribution in [2.45, 2.75) is 19.3 Å². The number of hydrogen-bond acceptors (Lipinski definition) is 3. The van der Waals surface area contributed by atoms with Crippen molar-refractivity contribution in [1.82, 2.24) is 4.90 Å². The highest BCUT2D eigenvalue weighted by molar-refractivity contribution is 9.10. The predicted octanol–water partition coefficient (Wildman–Crippen LogP) is 3.47. The summed E-state index contributed by atoms with van der Waals surface area (Å²) >= 11 is 3.38. The van der Waals surface area contributed by atoms with Gasteiger partial charge in [-0.05, 0) is 54.7 Å². The molecule has 2 aromatic rings. The Kier molecular flexibility index (Phi) is 6.63. The lowest BCUT2D eigenvalue weighted by Gasteiger charge is -2.32. The molecule has 1 unspecified atom stereocenters. The molecule has 2 amide bonds. The average molecular weight is 431 g/mol. The molecule has 1 saturated heterocycles. The highest BCUT2D eigenvalue weighted by atomic mass is 79.9. The zero-order valence-corrected chi connectivity index (χ0v) is 16.6. The Hall–Kier alpha value is -2.18. The number of carbonyl (C=O) groups is 2. The zero-order chi connectivity index (χ0) is 19.2. The number of amides is 2. The van der Waals surface area contributed by atoms with Crippen LogP contribution >= 0.6 is 15.9 Å². The number of nitrogens with zero attached hydrogens (tertiary/aromatic N) is 1. The van der Waals surface area contributed by atoms with Crippen LogP contribution in [0.3, 0.4) is 0 Å². The molecular weight excluding hydrogens is 408 g/mol. The first-order valence-corrected chi connectivity index (χ1v) is 9.89. The third kappa shape index (κ3) is 5.40. The van der Waals surface area contributed by atoms with Crippen LogP contribution in [0.15, 0.2) is 53.0 Å². The summed E-state index contributed by atoms with van der Waals surface area (Å²) in [5.74, 6) is -0.0334. The van der Waals surface area contributed by atoms with Crippen molar-refractivity contribution >= 4 is 33.4 Å². The van der Waals surface area contributed by atoms with Crippen LogP contribution in [0.25, 0.3) is 0 Å². The minimum atomic E-state index is -0.125. The smallest absolute Gasteiger partial charge is 0.253 e. The Balaban J connectivity index is 1.63. The predicted molar refractivity (Wildman–Crippen MR) is 109 cm³/mol. The summed E-state index contributed by atoms with van der Waals surface area (Å²) in [7, 11) is 0. The molecule has 1 heterocycles. The number of hydrogen-bond donors (Lipinski definition) is 2. The number of benzene rings is 2. The molecule has 1 aliphatic rings. The van der Waals surface area contributed by atoms with E-state index in [0.717, 1.165) is 22.9 Å². The quantitative estimate of drug-likeness (QED) is 0.762. The van der Waals surface area contributed by atoms with Crippen LogP contribution in [-0.2, 0) is 11.2 Å². The molecule has 27 heavy (non-hydrogen) atoms. The standard InChI is InChI=1S/C21H23BrN2O3/c22-18-8-6-15(7-9-18)11-20(26)23-19-5-1-4-17(12-19)21(27)24-10-2-3-16(13-24)14-25/h1,4-9,12,16,25H,2-3,10-11,13-14H2,(H,23,26). The summed E-state index contributed by atoms with van der Waals surface area (Å²) in [6.45, 7) is 1.39. The summed E-state index contributed by atoms with van der Waals surface area (Å²) in [6, 6.07) is 14.6. The van der Waals surface area contributed by atoms with Crippen molar-refractivity contribution in [2.24, 2.45) is 5.92 Å². The first-order chi connectivity index (χ1) is 13.0. The Morgan fingerprint density at radius 2 is 1.96 bits per heavy atom. The summed E-state index contributed by atoms with van der Waals surface area (Å²) in [6.07, 6.45) is 2.13. The van der Waals surface area contributed by atoms with Gasteiger partial charge in [0.25, 0.3) is 5.91 Å². The van der Waals surface area contributed by atoms with Gasteiger partial charge in [0.15, 0.2) is 0 Å². The summed E-state index contributed by atoms with van der Waals surface area (Å²) in [4.78, 5) is 26.8. The second-order valence-electron chi connectivity index (χ2n) is 6.87. The van der Waals surface area contributed by atoms with Gasteiger partial charge in [-0.25, -0.2) is 0 Å². The molecule has 5 nitrogen and oxygen atoms in total. The number of aliphatic hydroxyl groups is 1. The lowest BCUT2D eigenvalue weighted by molar-refractivity contribution is -0.115. The lowest BCUT2D eigenvalue weighted by Crippen LogP contribution is -2.40. The van der Waals surface area contributed by atoms with Crippen LogP contribution in [0, 0.1) is 5.92 Å². The van der Waals surface area contributed by atoms with Gasteiger partial charge < -0.3 is 15.3 Å². The first-order valence-electron chi connectivity index (χ1n) is 9.09. The number of nitrogens with one attached hydrogen (secondary N) is 1. The molecule has 0 radical (unpaired) electrons. The number of aliphatic hydroxyl groups excluding tert-OH is 1. The van der Waals surface area contributed by atoms with E-state index in [2.05, 4.69) is 21.2 Å². The fourth-order valence-electron chi connectivity index (χ4n) is 3.30. The molecule has 0 spiro atoms. The van der Waals surface area contributed by atoms with Gasteiger partial charge in [-0.1, -0.05) is 34.1 Å². The maximum Gasteiger partial charge on any atom is 0.253 e. The number of piperidine rings is 1. The maximum absolute atomic E-state index is 12.7. The summed E-state index contributed by atoms with van der Waals surface area (Å²) in [5.41, 5.74) is 2.08. The third-order valence-corrected chi connectivity index (χ3v) is 5.26. The molecule has 2 N–H and O–H groups in total. The van der Waals surface area contributed by atoms with Crippen LogP contribution in [0.1, 0.15) is 28.8 Å². The van der Waals surface area contributed by atoms with Crippen LogP contribution in [0.2, 0.25) is 0 Å². The monoisotopic (exact) mass is 430 g/mol. The molecule has 0 aromatic heterocycles. The summed E-state index contributed by atoms with van der Waals surface area (Å²) in [5, 5.41) is 12.2. The molecule has 1 aliphatic heterocycles. The number of halogens is 1. The van der Waals surface area contributed by atoms with Crippen molar-refractivity contribution in [3.8, 4) is 0 Å². The fraction of sp³-hybridized carbons (Fsp3) is 0.333. The average Bonchev–Trinajstić information content (AvgIpc) is 2.69. The van der Waals surface area contributed by atoms with Gasteiger partial charge in [-0.15, -0.1) is 0 Å². The van der Waals surface area contributed by atoms with Gasteiger partial charge >= 0.3 is 0 Å². The number of carbonyl (C=O) groups excluding carboxylic acids is 2. The SMILES string of the molecule is O=C(Cc1ccc(Br)cc1)Nc1cccc(C(=O)N2CCCC(CO)C2)c1. The topological polar surface area (TPSA) is 69.6 Å². The Morgan fingerprint density at radius 3 is 2.70 bits per heavy atom. The van der Waals surface area contributed by atoms with E-state index in [1.54, 1.807) is 29.2 Å². The largest absolute Gasteiger partial charge is 0.396 e. The molecule has 0 bridgehead atoms. The normalized spacial score (nSPS) is 16.8. The lowest BCUT2D eigenvalue weighted by atomic mass is 9.98. The number of rotatable bonds is 5. The second-order valence-corrected chi connectivity index (χ2v) is 7.79. The van der Waals surface area contributed by atoms with E-state index < -0.39 is 0 Å². The molecule has 1 atom stereocenters. The van der Waals surface area contributed by atoms with Gasteiger partial charge in [0.1, 0.15) is 0 Å². The molecule has 6 heteroatoms. The van der Waals surface area contributed by atoms with Crippen molar-refractivity contribution in [3.63, 3.8) is 0 Å². The van der Waals surface area contributed by atoms with Crippen molar-refractivity contribution in [3.05, 3.63) is 64.1 Å². The number of anilines is 1. The zero-order valence-electron chi connectivity index (χ0n) is 15.0. The van der Waals surface area contributed by atoms with E-state index in [1.807, 2.05) is 24.3 Å². The molecule has 3 rings (SSSR count). The highest BCUT2D eigenvalue weighted by Crippen LogP contribution is 2.20. The van der Waals surface area contributed by atoms with E-state index in [4.69, 9.17) is 0 Å². The second kappa shape index (κ2) is 9.15. The van der Waals surface area contributed by atoms with E-state index in [0.29, 0.717) is 24.3 Å². The maximum atomic E-state index is 12.7. The first kappa shape index (κ1) is 19.6. The minimum Gasteiger partial charge on any atom is -0.396 e. The van der Waals surface area contributed by atoms with E-state index in [-0.39, 0.29) is 30.8 Å². The summed E-state index contributed by atoms with van der Waals surface area (Å²) < 4.78 is 0.971. The van der Waals surface area contributed by atoms with Crippen molar-refractivity contribution < 1.29 is 14.7 Å². The molecule has 1 fully saturated rings. The highest BCUT2D eigenvalue weighted by Gasteiger charge is 2.24. The van der Waals surface area contributed by atoms with Gasteiger partial charge in [0.2, 0.25) is 5.91 Å². The molecule has 0 saturated carbocycles. The van der Waals surface area contributed by atoms with E-state index in [9.17, 15) is 14.7 Å². The third-order valence-electron chi connectivity index (χ3n) is 4.74. The van der Waals surface area contributed by atoms with Crippen molar-refractivity contribution in [1.29, 1.82) is 0 Å². The van der Waals surface area contributed by atoms with Gasteiger partial charge in [-0.3, -0.25) is 9.59 Å².